The first-order valence-corrected chi connectivity index (χ1v) is 5.53. The van der Waals surface area contributed by atoms with Crippen LogP contribution < -0.4 is 9.77 Å². The summed E-state index contributed by atoms with van der Waals surface area (Å²) in [4.78, 5) is 0. The van der Waals surface area contributed by atoms with E-state index in [1.807, 2.05) is 0 Å². The van der Waals surface area contributed by atoms with Gasteiger partial charge in [0.15, 0.2) is 0 Å². The minimum absolute atomic E-state index is 0.164. The molecular formula is C9H11BNO4S-. The number of rotatable bonds is 5. The van der Waals surface area contributed by atoms with Gasteiger partial charge >= 0.3 is 7.12 Å². The maximum atomic E-state index is 10.9. The molecule has 1 unspecified atom stereocenters. The Bertz CT molecular complexity index is 382. The summed E-state index contributed by atoms with van der Waals surface area (Å²) in [5, 5.41) is 17.7. The molecule has 0 heterocycles. The lowest BCUT2D eigenvalue weighted by atomic mass is 9.80. The van der Waals surface area contributed by atoms with Crippen molar-refractivity contribution in [3.05, 3.63) is 36.9 Å². The molecule has 5 nitrogen and oxygen atoms in total. The van der Waals surface area contributed by atoms with Crippen molar-refractivity contribution < 1.29 is 18.8 Å². The number of hydrogen-bond donors (Lipinski definition) is 2. The summed E-state index contributed by atoms with van der Waals surface area (Å²) < 4.78 is 22.9. The fourth-order valence-corrected chi connectivity index (χ4v) is 1.70. The smallest absolute Gasteiger partial charge is 0.488 e. The molecule has 7 heteroatoms. The van der Waals surface area contributed by atoms with E-state index in [1.54, 1.807) is 0 Å². The van der Waals surface area contributed by atoms with E-state index < -0.39 is 18.4 Å². The summed E-state index contributed by atoms with van der Waals surface area (Å²) in [6, 6.07) is 5.88. The zero-order valence-electron chi connectivity index (χ0n) is 8.44. The molecule has 16 heavy (non-hydrogen) atoms. The van der Waals surface area contributed by atoms with Gasteiger partial charge in [0.2, 0.25) is 0 Å². The van der Waals surface area contributed by atoms with Crippen LogP contribution in [0.2, 0.25) is 0 Å². The quantitative estimate of drug-likeness (QED) is 0.399. The number of anilines is 1. The highest BCUT2D eigenvalue weighted by atomic mass is 32.2. The van der Waals surface area contributed by atoms with Crippen LogP contribution in [0.3, 0.4) is 0 Å². The van der Waals surface area contributed by atoms with Crippen LogP contribution in [0, 0.1) is 0 Å². The third-order valence-corrected chi connectivity index (χ3v) is 2.67. The van der Waals surface area contributed by atoms with E-state index in [0.717, 1.165) is 4.31 Å². The molecule has 0 aliphatic carbocycles. The van der Waals surface area contributed by atoms with Crippen LogP contribution in [0.5, 0.6) is 0 Å². The van der Waals surface area contributed by atoms with Crippen LogP contribution in [-0.4, -0.2) is 32.5 Å². The number of nitrogens with zero attached hydrogens (tertiary/aromatic N) is 1. The Morgan fingerprint density at radius 2 is 2.00 bits per heavy atom. The van der Waals surface area contributed by atoms with E-state index in [0.29, 0.717) is 11.2 Å². The predicted molar refractivity (Wildman–Crippen MR) is 62.7 cm³/mol. The van der Waals surface area contributed by atoms with E-state index >= 15 is 0 Å². The standard InChI is InChI=1S/C9H12BNO4S/c1-2-7-11(16(14)15)9-5-3-8(4-6-9)10(12)13/h2-6,12-13H,1,7H2,(H,14,15)/p-1. The maximum absolute atomic E-state index is 10.9. The van der Waals surface area contributed by atoms with Crippen LogP contribution in [0.4, 0.5) is 5.69 Å². The molecule has 0 saturated carbocycles. The topological polar surface area (TPSA) is 83.8 Å². The van der Waals surface area contributed by atoms with Gasteiger partial charge in [-0.1, -0.05) is 18.2 Å². The lowest BCUT2D eigenvalue weighted by molar-refractivity contribution is 0.426. The highest BCUT2D eigenvalue weighted by molar-refractivity contribution is 7.80. The molecule has 86 valence electrons. The lowest BCUT2D eigenvalue weighted by Gasteiger charge is -2.25. The first-order valence-electron chi connectivity index (χ1n) is 4.50. The van der Waals surface area contributed by atoms with Crippen molar-refractivity contribution in [2.75, 3.05) is 10.8 Å². The van der Waals surface area contributed by atoms with Gasteiger partial charge in [-0.15, -0.1) is 6.58 Å². The third-order valence-electron chi connectivity index (χ3n) is 1.95. The molecule has 0 aliphatic rings. The molecule has 0 spiro atoms. The van der Waals surface area contributed by atoms with Crippen LogP contribution in [0.15, 0.2) is 36.9 Å². The Balaban J connectivity index is 2.93. The average molecular weight is 240 g/mol. The van der Waals surface area contributed by atoms with E-state index in [-0.39, 0.29) is 6.54 Å². The molecule has 0 saturated heterocycles. The zero-order chi connectivity index (χ0) is 12.1. The molecule has 2 N–H and O–H groups in total. The molecular weight excluding hydrogens is 229 g/mol. The monoisotopic (exact) mass is 240 g/mol. The van der Waals surface area contributed by atoms with Crippen LogP contribution >= 0.6 is 0 Å². The van der Waals surface area contributed by atoms with Gasteiger partial charge in [-0.25, -0.2) is 0 Å². The third kappa shape index (κ3) is 3.17. The Morgan fingerprint density at radius 1 is 1.44 bits per heavy atom. The molecule has 1 rings (SSSR count). The fourth-order valence-electron chi connectivity index (χ4n) is 1.18. The normalized spacial score (nSPS) is 11.9. The molecule has 0 radical (unpaired) electrons. The first-order chi connectivity index (χ1) is 7.56. The highest BCUT2D eigenvalue weighted by Crippen LogP contribution is 2.13. The van der Waals surface area contributed by atoms with Crippen LogP contribution in [0.25, 0.3) is 0 Å². The van der Waals surface area contributed by atoms with Gasteiger partial charge in [0, 0.05) is 23.5 Å². The van der Waals surface area contributed by atoms with Gasteiger partial charge in [-0.05, 0) is 17.6 Å². The highest BCUT2D eigenvalue weighted by Gasteiger charge is 2.11. The van der Waals surface area contributed by atoms with E-state index in [2.05, 4.69) is 6.58 Å². The van der Waals surface area contributed by atoms with Gasteiger partial charge in [0.1, 0.15) is 0 Å². The van der Waals surface area contributed by atoms with Crippen molar-refractivity contribution in [1.82, 2.24) is 0 Å². The number of benzene rings is 1. The van der Waals surface area contributed by atoms with E-state index in [1.165, 1.54) is 30.3 Å². The second-order valence-electron chi connectivity index (χ2n) is 3.03. The molecule has 0 amide bonds. The average Bonchev–Trinajstić information content (AvgIpc) is 2.25. The summed E-state index contributed by atoms with van der Waals surface area (Å²) in [5.74, 6) is 0. The number of hydrogen-bond acceptors (Lipinski definition) is 4. The first kappa shape index (κ1) is 12.9. The summed E-state index contributed by atoms with van der Waals surface area (Å²) in [6.45, 7) is 3.62. The van der Waals surface area contributed by atoms with E-state index in [9.17, 15) is 8.76 Å². The molecule has 0 aromatic heterocycles. The second kappa shape index (κ2) is 5.81. The summed E-state index contributed by atoms with van der Waals surface area (Å²) in [6.07, 6.45) is 1.46. The Hall–Kier alpha value is -1.15. The SMILES string of the molecule is C=CCN(c1ccc(B(O)O)cc1)S(=O)[O-]. The van der Waals surface area contributed by atoms with Crippen molar-refractivity contribution in [2.24, 2.45) is 0 Å². The van der Waals surface area contributed by atoms with Gasteiger partial charge in [-0.3, -0.25) is 8.51 Å². The second-order valence-corrected chi connectivity index (χ2v) is 3.91. The largest absolute Gasteiger partial charge is 0.755 e. The Labute approximate surface area is 96.6 Å². The minimum atomic E-state index is -2.38. The van der Waals surface area contributed by atoms with Gasteiger partial charge in [0.25, 0.3) is 0 Å². The minimum Gasteiger partial charge on any atom is -0.755 e. The lowest BCUT2D eigenvalue weighted by Crippen LogP contribution is -2.30. The van der Waals surface area contributed by atoms with Crippen LogP contribution in [0.1, 0.15) is 0 Å². The summed E-state index contributed by atoms with van der Waals surface area (Å²) in [5.41, 5.74) is 0.747. The Kier molecular flexibility index (Phi) is 4.69. The van der Waals surface area contributed by atoms with Crippen LogP contribution in [-0.2, 0) is 11.3 Å². The predicted octanol–water partition coefficient (Wildman–Crippen LogP) is -0.847. The van der Waals surface area contributed by atoms with Crippen molar-refractivity contribution in [3.63, 3.8) is 0 Å². The van der Waals surface area contributed by atoms with Gasteiger partial charge in [-0.2, -0.15) is 0 Å². The summed E-state index contributed by atoms with van der Waals surface area (Å²) in [7, 11) is -1.56. The van der Waals surface area contributed by atoms with E-state index in [4.69, 9.17) is 10.0 Å². The van der Waals surface area contributed by atoms with Crippen molar-refractivity contribution in [3.8, 4) is 0 Å². The zero-order valence-corrected chi connectivity index (χ0v) is 9.26. The summed E-state index contributed by atoms with van der Waals surface area (Å²) >= 11 is -2.38. The van der Waals surface area contributed by atoms with Crippen molar-refractivity contribution in [1.29, 1.82) is 0 Å². The fraction of sp³-hybridized carbons (Fsp3) is 0.111. The molecule has 1 aromatic carbocycles. The van der Waals surface area contributed by atoms with Crippen molar-refractivity contribution >= 4 is 29.5 Å². The Morgan fingerprint density at radius 3 is 2.38 bits per heavy atom. The van der Waals surface area contributed by atoms with Crippen molar-refractivity contribution in [2.45, 2.75) is 0 Å². The molecule has 0 fully saturated rings. The van der Waals surface area contributed by atoms with Gasteiger partial charge in [0.05, 0.1) is 0 Å². The van der Waals surface area contributed by atoms with Gasteiger partial charge < -0.3 is 14.6 Å². The molecule has 0 aliphatic heterocycles. The maximum Gasteiger partial charge on any atom is 0.488 e. The molecule has 1 atom stereocenters. The molecule has 1 aromatic rings. The molecule has 0 bridgehead atoms.